The highest BCUT2D eigenvalue weighted by atomic mass is 32.2. The second-order valence-corrected chi connectivity index (χ2v) is 9.25. The maximum atomic E-state index is 12.8. The lowest BCUT2D eigenvalue weighted by atomic mass is 10.1. The third-order valence-electron chi connectivity index (χ3n) is 5.13. The molecule has 9 heteroatoms. The summed E-state index contributed by atoms with van der Waals surface area (Å²) in [7, 11) is -3.48. The predicted octanol–water partition coefficient (Wildman–Crippen LogP) is 3.73. The maximum Gasteiger partial charge on any atom is 0.269 e. The van der Waals surface area contributed by atoms with E-state index in [-0.39, 0.29) is 22.9 Å². The largest absolute Gasteiger partial charge is 0.326 e. The van der Waals surface area contributed by atoms with Crippen LogP contribution in [0.2, 0.25) is 0 Å². The molecule has 0 radical (unpaired) electrons. The van der Waals surface area contributed by atoms with Gasteiger partial charge >= 0.3 is 0 Å². The van der Waals surface area contributed by atoms with Gasteiger partial charge in [-0.2, -0.15) is 4.31 Å². The fourth-order valence-electron chi connectivity index (χ4n) is 3.41. The van der Waals surface area contributed by atoms with E-state index in [0.717, 1.165) is 31.2 Å². The molecule has 0 aliphatic carbocycles. The van der Waals surface area contributed by atoms with Crippen molar-refractivity contribution in [1.82, 2.24) is 4.31 Å². The lowest BCUT2D eigenvalue weighted by molar-refractivity contribution is -0.384. The molecular weight excluding hydrogens is 406 g/mol. The van der Waals surface area contributed by atoms with Gasteiger partial charge in [-0.25, -0.2) is 8.42 Å². The molecule has 0 atom stereocenters. The minimum absolute atomic E-state index is 0.0387. The number of nitro benzene ring substituents is 1. The van der Waals surface area contributed by atoms with Gasteiger partial charge in [0.15, 0.2) is 0 Å². The number of nitro groups is 1. The summed E-state index contributed by atoms with van der Waals surface area (Å²) in [5.41, 5.74) is 1.32. The third-order valence-corrected chi connectivity index (χ3v) is 7.04. The average molecular weight is 432 g/mol. The number of amides is 1. The molecule has 1 amide bonds. The van der Waals surface area contributed by atoms with Crippen LogP contribution in [0.4, 0.5) is 11.4 Å². The fraction of sp³-hybridized carbons (Fsp3) is 0.381. The molecule has 0 unspecified atom stereocenters. The van der Waals surface area contributed by atoms with Gasteiger partial charge in [-0.3, -0.25) is 14.9 Å². The lowest BCUT2D eigenvalue weighted by Crippen LogP contribution is -2.31. The Morgan fingerprint density at radius 1 is 0.967 bits per heavy atom. The van der Waals surface area contributed by atoms with Crippen LogP contribution in [0.15, 0.2) is 53.4 Å². The van der Waals surface area contributed by atoms with Crippen LogP contribution in [-0.2, 0) is 21.2 Å². The van der Waals surface area contributed by atoms with E-state index in [9.17, 15) is 23.3 Å². The van der Waals surface area contributed by atoms with E-state index >= 15 is 0 Å². The highest BCUT2D eigenvalue weighted by molar-refractivity contribution is 7.89. The van der Waals surface area contributed by atoms with E-state index < -0.39 is 14.9 Å². The number of sulfonamides is 1. The van der Waals surface area contributed by atoms with Crippen molar-refractivity contribution in [1.29, 1.82) is 0 Å². The van der Waals surface area contributed by atoms with E-state index in [2.05, 4.69) is 5.32 Å². The summed E-state index contributed by atoms with van der Waals surface area (Å²) in [6, 6.07) is 12.3. The lowest BCUT2D eigenvalue weighted by Gasteiger charge is -2.20. The first-order valence-corrected chi connectivity index (χ1v) is 11.4. The number of anilines is 1. The zero-order valence-electron chi connectivity index (χ0n) is 16.6. The van der Waals surface area contributed by atoms with Gasteiger partial charge in [0.1, 0.15) is 0 Å². The number of non-ortho nitro benzene ring substituents is 1. The first-order valence-electron chi connectivity index (χ1n) is 10.00. The molecule has 1 N–H and O–H groups in total. The standard InChI is InChI=1S/C21H25N3O5S/c25-21(22-18-8-10-19(11-9-18)24(26)27)14-7-17-5-12-20(13-6-17)30(28,29)23-15-3-1-2-4-16-23/h5-6,8-13H,1-4,7,14-16H2,(H,22,25). The van der Waals surface area contributed by atoms with Crippen molar-refractivity contribution >= 4 is 27.3 Å². The summed E-state index contributed by atoms with van der Waals surface area (Å²) >= 11 is 0. The van der Waals surface area contributed by atoms with E-state index in [0.29, 0.717) is 25.2 Å². The zero-order valence-corrected chi connectivity index (χ0v) is 17.4. The predicted molar refractivity (Wildman–Crippen MR) is 114 cm³/mol. The van der Waals surface area contributed by atoms with Crippen LogP contribution in [0.3, 0.4) is 0 Å². The highest BCUT2D eigenvalue weighted by Gasteiger charge is 2.24. The number of rotatable bonds is 7. The van der Waals surface area contributed by atoms with E-state index in [1.54, 1.807) is 28.6 Å². The topological polar surface area (TPSA) is 110 Å². The Bertz CT molecular complexity index is 980. The second-order valence-electron chi connectivity index (χ2n) is 7.31. The maximum absolute atomic E-state index is 12.8. The van der Waals surface area contributed by atoms with Gasteiger partial charge in [0.05, 0.1) is 9.82 Å². The summed E-state index contributed by atoms with van der Waals surface area (Å²) in [4.78, 5) is 22.6. The van der Waals surface area contributed by atoms with Crippen molar-refractivity contribution in [2.75, 3.05) is 18.4 Å². The minimum atomic E-state index is -3.48. The van der Waals surface area contributed by atoms with E-state index in [1.807, 2.05) is 0 Å². The molecule has 0 aromatic heterocycles. The van der Waals surface area contributed by atoms with Crippen LogP contribution < -0.4 is 5.32 Å². The van der Waals surface area contributed by atoms with Crippen LogP contribution in [0.25, 0.3) is 0 Å². The molecule has 1 aliphatic rings. The molecule has 8 nitrogen and oxygen atoms in total. The van der Waals surface area contributed by atoms with Gasteiger partial charge in [0, 0.05) is 37.3 Å². The monoisotopic (exact) mass is 431 g/mol. The Kier molecular flexibility index (Phi) is 7.17. The van der Waals surface area contributed by atoms with Crippen molar-refractivity contribution in [2.45, 2.75) is 43.4 Å². The molecule has 1 heterocycles. The fourth-order valence-corrected chi connectivity index (χ4v) is 4.92. The summed E-state index contributed by atoms with van der Waals surface area (Å²) in [6.07, 6.45) is 4.58. The molecule has 2 aromatic rings. The van der Waals surface area contributed by atoms with Crippen molar-refractivity contribution in [3.63, 3.8) is 0 Å². The summed E-state index contributed by atoms with van der Waals surface area (Å²) < 4.78 is 27.2. The van der Waals surface area contributed by atoms with Crippen LogP contribution in [0.1, 0.15) is 37.7 Å². The van der Waals surface area contributed by atoms with Crippen molar-refractivity contribution in [3.05, 3.63) is 64.2 Å². The van der Waals surface area contributed by atoms with E-state index in [4.69, 9.17) is 0 Å². The van der Waals surface area contributed by atoms with Gasteiger partial charge in [0.2, 0.25) is 15.9 Å². The van der Waals surface area contributed by atoms with Crippen molar-refractivity contribution in [3.8, 4) is 0 Å². The van der Waals surface area contributed by atoms with E-state index in [1.165, 1.54) is 24.3 Å². The van der Waals surface area contributed by atoms with Gasteiger partial charge < -0.3 is 5.32 Å². The molecule has 160 valence electrons. The molecule has 3 rings (SSSR count). The van der Waals surface area contributed by atoms with Gasteiger partial charge in [-0.05, 0) is 49.1 Å². The van der Waals surface area contributed by atoms with Gasteiger partial charge in [-0.1, -0.05) is 25.0 Å². The number of aryl methyl sites for hydroxylation is 1. The summed E-state index contributed by atoms with van der Waals surface area (Å²) in [6.45, 7) is 1.12. The third kappa shape index (κ3) is 5.64. The Labute approximate surface area is 176 Å². The molecular formula is C21H25N3O5S. The minimum Gasteiger partial charge on any atom is -0.326 e. The SMILES string of the molecule is O=C(CCc1ccc(S(=O)(=O)N2CCCCCC2)cc1)Nc1ccc([N+](=O)[O-])cc1. The summed E-state index contributed by atoms with van der Waals surface area (Å²) in [5.74, 6) is -0.217. The zero-order chi connectivity index (χ0) is 21.6. The van der Waals surface area contributed by atoms with Crippen LogP contribution >= 0.6 is 0 Å². The molecule has 1 saturated heterocycles. The molecule has 0 bridgehead atoms. The Morgan fingerprint density at radius 3 is 2.13 bits per heavy atom. The number of benzene rings is 2. The molecule has 2 aromatic carbocycles. The molecule has 30 heavy (non-hydrogen) atoms. The first-order chi connectivity index (χ1) is 14.4. The number of carbonyl (C=O) groups is 1. The normalized spacial score (nSPS) is 15.3. The summed E-state index contributed by atoms with van der Waals surface area (Å²) in [5, 5.41) is 13.4. The number of carbonyl (C=O) groups excluding carboxylic acids is 1. The van der Waals surface area contributed by atoms with Gasteiger partial charge in [-0.15, -0.1) is 0 Å². The van der Waals surface area contributed by atoms with Crippen LogP contribution in [0, 0.1) is 10.1 Å². The Hall–Kier alpha value is -2.78. The molecule has 1 fully saturated rings. The van der Waals surface area contributed by atoms with Crippen molar-refractivity contribution < 1.29 is 18.1 Å². The van der Waals surface area contributed by atoms with Crippen molar-refractivity contribution in [2.24, 2.45) is 0 Å². The molecule has 1 aliphatic heterocycles. The number of nitrogens with one attached hydrogen (secondary N) is 1. The smallest absolute Gasteiger partial charge is 0.269 e. The quantitative estimate of drug-likeness (QED) is 0.531. The molecule has 0 saturated carbocycles. The number of hydrogen-bond donors (Lipinski definition) is 1. The van der Waals surface area contributed by atoms with Gasteiger partial charge in [0.25, 0.3) is 5.69 Å². The second kappa shape index (κ2) is 9.82. The van der Waals surface area contributed by atoms with Crippen LogP contribution in [0.5, 0.6) is 0 Å². The highest BCUT2D eigenvalue weighted by Crippen LogP contribution is 2.21. The molecule has 0 spiro atoms. The van der Waals surface area contributed by atoms with Crippen LogP contribution in [-0.4, -0.2) is 36.6 Å². The number of hydrogen-bond acceptors (Lipinski definition) is 5. The average Bonchev–Trinajstić information content (AvgIpc) is 3.03. The Balaban J connectivity index is 1.55. The Morgan fingerprint density at radius 2 is 1.57 bits per heavy atom. The first kappa shape index (κ1) is 21.9. The number of nitrogens with zero attached hydrogens (tertiary/aromatic N) is 2.